The standard InChI is InChI=1S/C25H28ClFN6O3/c1-17(34)23-21(6-3-5-12-35-14-15-36-13-11-30-33-28)31-25(22-7-2-4-10-29-22)32-24(23)19-9-8-18(27)16-20(19)26/h2,4,7-10,16,24H,3,5-6,11-15H2,1H3,(H,31,32). The highest BCUT2D eigenvalue weighted by Gasteiger charge is 2.30. The largest absolute Gasteiger partial charge is 0.379 e. The number of ketones is 1. The Morgan fingerprint density at radius 2 is 2.00 bits per heavy atom. The molecular formula is C25H28ClFN6O3. The minimum absolute atomic E-state index is 0.138. The zero-order valence-corrected chi connectivity index (χ0v) is 20.7. The highest BCUT2D eigenvalue weighted by atomic mass is 35.5. The van der Waals surface area contributed by atoms with Crippen molar-refractivity contribution < 1.29 is 18.7 Å². The Morgan fingerprint density at radius 1 is 1.19 bits per heavy atom. The molecule has 9 nitrogen and oxygen atoms in total. The maximum atomic E-state index is 13.7. The molecule has 1 aliphatic rings. The van der Waals surface area contributed by atoms with Crippen molar-refractivity contribution in [3.05, 3.63) is 86.4 Å². The molecule has 0 radical (unpaired) electrons. The molecule has 36 heavy (non-hydrogen) atoms. The number of hydrogen-bond donors (Lipinski definition) is 1. The van der Waals surface area contributed by atoms with Crippen LogP contribution in [0.25, 0.3) is 10.4 Å². The predicted octanol–water partition coefficient (Wildman–Crippen LogP) is 5.32. The number of rotatable bonds is 14. The number of halogens is 2. The molecule has 1 aromatic heterocycles. The van der Waals surface area contributed by atoms with Crippen LogP contribution < -0.4 is 5.32 Å². The van der Waals surface area contributed by atoms with Crippen molar-refractivity contribution in [3.8, 4) is 0 Å². The van der Waals surface area contributed by atoms with Crippen LogP contribution >= 0.6 is 11.6 Å². The number of carbonyl (C=O) groups excluding carboxylic acids is 1. The Morgan fingerprint density at radius 3 is 2.69 bits per heavy atom. The van der Waals surface area contributed by atoms with Crippen LogP contribution in [0.15, 0.2) is 64.0 Å². The highest BCUT2D eigenvalue weighted by molar-refractivity contribution is 6.31. The summed E-state index contributed by atoms with van der Waals surface area (Å²) in [5, 5.41) is 6.90. The molecule has 1 aromatic carbocycles. The van der Waals surface area contributed by atoms with Crippen LogP contribution in [0.4, 0.5) is 4.39 Å². The molecule has 0 bridgehead atoms. The lowest BCUT2D eigenvalue weighted by Gasteiger charge is -2.28. The van der Waals surface area contributed by atoms with Crippen LogP contribution in [0, 0.1) is 5.82 Å². The third kappa shape index (κ3) is 7.86. The Bertz CT molecular complexity index is 1150. The predicted molar refractivity (Wildman–Crippen MR) is 135 cm³/mol. The highest BCUT2D eigenvalue weighted by Crippen LogP contribution is 2.37. The maximum Gasteiger partial charge on any atom is 0.160 e. The number of ether oxygens (including phenoxy) is 2. The van der Waals surface area contributed by atoms with Crippen molar-refractivity contribution in [1.82, 2.24) is 10.3 Å². The summed E-state index contributed by atoms with van der Waals surface area (Å²) in [6, 6.07) is 8.92. The summed E-state index contributed by atoms with van der Waals surface area (Å²) in [5.74, 6) is -0.0720. The van der Waals surface area contributed by atoms with Crippen LogP contribution in [-0.4, -0.2) is 49.6 Å². The van der Waals surface area contributed by atoms with E-state index in [1.165, 1.54) is 19.1 Å². The second-order valence-electron chi connectivity index (χ2n) is 7.97. The van der Waals surface area contributed by atoms with Gasteiger partial charge in [0.2, 0.25) is 0 Å². The number of nitrogens with zero attached hydrogens (tertiary/aromatic N) is 5. The number of Topliss-reactive ketones (excluding diaryl/α,β-unsaturated/α-hetero) is 1. The minimum atomic E-state index is -0.678. The molecule has 0 saturated carbocycles. The van der Waals surface area contributed by atoms with Crippen molar-refractivity contribution >= 4 is 23.2 Å². The summed E-state index contributed by atoms with van der Waals surface area (Å²) < 4.78 is 24.6. The zero-order valence-electron chi connectivity index (χ0n) is 20.0. The summed E-state index contributed by atoms with van der Waals surface area (Å²) in [4.78, 5) is 24.6. The van der Waals surface area contributed by atoms with E-state index in [1.54, 1.807) is 12.3 Å². The van der Waals surface area contributed by atoms with Crippen LogP contribution in [0.5, 0.6) is 0 Å². The number of azide groups is 1. The number of benzene rings is 1. The fourth-order valence-electron chi connectivity index (χ4n) is 3.76. The maximum absolute atomic E-state index is 13.7. The molecule has 0 amide bonds. The first-order valence-corrected chi connectivity index (χ1v) is 12.0. The lowest BCUT2D eigenvalue weighted by Crippen LogP contribution is -2.33. The Balaban J connectivity index is 1.69. The number of carbonyl (C=O) groups is 1. The molecule has 1 atom stereocenters. The Hall–Kier alpha value is -3.30. The van der Waals surface area contributed by atoms with Gasteiger partial charge >= 0.3 is 0 Å². The van der Waals surface area contributed by atoms with Gasteiger partial charge in [0.25, 0.3) is 0 Å². The van der Waals surface area contributed by atoms with Crippen molar-refractivity contribution in [2.24, 2.45) is 10.1 Å². The topological polar surface area (TPSA) is 122 Å². The lowest BCUT2D eigenvalue weighted by atomic mass is 9.91. The third-order valence-electron chi connectivity index (χ3n) is 5.41. The van der Waals surface area contributed by atoms with Crippen LogP contribution in [-0.2, 0) is 14.3 Å². The molecule has 1 unspecified atom stereocenters. The minimum Gasteiger partial charge on any atom is -0.379 e. The van der Waals surface area contributed by atoms with Crippen LogP contribution in [0.3, 0.4) is 0 Å². The van der Waals surface area contributed by atoms with Gasteiger partial charge in [0, 0.05) is 46.1 Å². The van der Waals surface area contributed by atoms with Gasteiger partial charge in [-0.25, -0.2) is 4.39 Å². The van der Waals surface area contributed by atoms with Gasteiger partial charge < -0.3 is 14.8 Å². The third-order valence-corrected chi connectivity index (χ3v) is 5.73. The number of aliphatic imine (C=N–C) groups is 1. The van der Waals surface area contributed by atoms with Crippen molar-refractivity contribution in [3.63, 3.8) is 0 Å². The molecule has 0 saturated heterocycles. The van der Waals surface area contributed by atoms with E-state index in [9.17, 15) is 9.18 Å². The molecule has 2 aromatic rings. The molecule has 3 rings (SSSR count). The second-order valence-corrected chi connectivity index (χ2v) is 8.38. The number of unbranched alkanes of at least 4 members (excludes halogenated alkanes) is 1. The van der Waals surface area contributed by atoms with Gasteiger partial charge in [-0.15, -0.1) is 0 Å². The van der Waals surface area contributed by atoms with Gasteiger partial charge in [-0.2, -0.15) is 0 Å². The smallest absolute Gasteiger partial charge is 0.160 e. The summed E-state index contributed by atoms with van der Waals surface area (Å²) >= 11 is 6.37. The number of allylic oxidation sites excluding steroid dienone is 1. The van der Waals surface area contributed by atoms with E-state index < -0.39 is 11.9 Å². The number of nitrogens with one attached hydrogen (secondary N) is 1. The number of amidine groups is 1. The first-order valence-electron chi connectivity index (χ1n) is 11.6. The molecule has 1 aliphatic heterocycles. The van der Waals surface area contributed by atoms with Gasteiger partial charge in [0.05, 0.1) is 19.8 Å². The molecule has 11 heteroatoms. The molecular weight excluding hydrogens is 487 g/mol. The monoisotopic (exact) mass is 514 g/mol. The normalized spacial score (nSPS) is 15.2. The molecule has 0 spiro atoms. The lowest BCUT2D eigenvalue weighted by molar-refractivity contribution is -0.114. The first-order chi connectivity index (χ1) is 17.5. The summed E-state index contributed by atoms with van der Waals surface area (Å²) in [6.07, 6.45) is 3.78. The SMILES string of the molecule is CC(=O)C1=C(CCCCOCCOCCN=[N+]=[N-])NC(c2ccccn2)=NC1c1ccc(F)cc1Cl. The zero-order chi connectivity index (χ0) is 25.8. The van der Waals surface area contributed by atoms with Gasteiger partial charge in [0.1, 0.15) is 17.6 Å². The Kier molecular flexibility index (Phi) is 10.8. The van der Waals surface area contributed by atoms with Crippen LogP contribution in [0.1, 0.15) is 43.5 Å². The molecule has 0 aliphatic carbocycles. The van der Waals surface area contributed by atoms with Gasteiger partial charge in [-0.05, 0) is 56.0 Å². The summed E-state index contributed by atoms with van der Waals surface area (Å²) in [7, 11) is 0. The van der Waals surface area contributed by atoms with Crippen molar-refractivity contribution in [1.29, 1.82) is 0 Å². The van der Waals surface area contributed by atoms with E-state index in [0.717, 1.165) is 18.5 Å². The van der Waals surface area contributed by atoms with Crippen LogP contribution in [0.2, 0.25) is 5.02 Å². The van der Waals surface area contributed by atoms with E-state index >= 15 is 0 Å². The van der Waals surface area contributed by atoms with Crippen molar-refractivity contribution in [2.45, 2.75) is 32.2 Å². The fraction of sp³-hybridized carbons (Fsp3) is 0.400. The van der Waals surface area contributed by atoms with Gasteiger partial charge in [-0.3, -0.25) is 14.8 Å². The van der Waals surface area contributed by atoms with E-state index in [2.05, 4.69) is 20.3 Å². The number of pyridine rings is 1. The average molecular weight is 515 g/mol. The number of aromatic nitrogens is 1. The summed E-state index contributed by atoms with van der Waals surface area (Å²) in [5.41, 5.74) is 10.6. The summed E-state index contributed by atoms with van der Waals surface area (Å²) in [6.45, 7) is 3.56. The van der Waals surface area contributed by atoms with E-state index in [1.807, 2.05) is 18.2 Å². The fourth-order valence-corrected chi connectivity index (χ4v) is 4.03. The molecule has 1 N–H and O–H groups in total. The van der Waals surface area contributed by atoms with E-state index in [-0.39, 0.29) is 10.8 Å². The van der Waals surface area contributed by atoms with Gasteiger partial charge in [-0.1, -0.05) is 28.8 Å². The van der Waals surface area contributed by atoms with E-state index in [0.29, 0.717) is 62.1 Å². The molecule has 2 heterocycles. The molecule has 0 fully saturated rings. The average Bonchev–Trinajstić information content (AvgIpc) is 2.87. The number of hydrogen-bond acceptors (Lipinski definition) is 7. The van der Waals surface area contributed by atoms with Gasteiger partial charge in [0.15, 0.2) is 11.6 Å². The quantitative estimate of drug-likeness (QED) is 0.158. The second kappa shape index (κ2) is 14.3. The molecule has 190 valence electrons. The first kappa shape index (κ1) is 27.3. The Labute approximate surface area is 214 Å². The van der Waals surface area contributed by atoms with Crippen molar-refractivity contribution in [2.75, 3.05) is 33.0 Å². The van der Waals surface area contributed by atoms with E-state index in [4.69, 9.17) is 31.6 Å².